The Kier molecular flexibility index (Phi) is 3.44. The van der Waals surface area contributed by atoms with E-state index in [-0.39, 0.29) is 12.5 Å². The third kappa shape index (κ3) is 2.80. The highest BCUT2D eigenvalue weighted by atomic mass is 16.2. The van der Waals surface area contributed by atoms with E-state index in [1.165, 1.54) is 0 Å². The molecule has 80 valence electrons. The smallest absolute Gasteiger partial charge is 0.251 e. The minimum atomic E-state index is -0.548. The van der Waals surface area contributed by atoms with E-state index < -0.39 is 5.91 Å². The molecule has 15 heavy (non-hydrogen) atoms. The fourth-order valence-corrected chi connectivity index (χ4v) is 1.26. The molecule has 0 saturated carbocycles. The molecule has 0 bridgehead atoms. The van der Waals surface area contributed by atoms with Crippen molar-refractivity contribution in [1.29, 1.82) is 0 Å². The zero-order chi connectivity index (χ0) is 11.4. The average Bonchev–Trinajstić information content (AvgIpc) is 2.18. The number of benzene rings is 1. The zero-order valence-corrected chi connectivity index (χ0v) is 8.83. The largest absolute Gasteiger partial charge is 0.368 e. The lowest BCUT2D eigenvalue weighted by Gasteiger charge is -2.07. The van der Waals surface area contributed by atoms with Crippen LogP contribution < -0.4 is 11.1 Å². The number of rotatable bonds is 3. The van der Waals surface area contributed by atoms with Crippen molar-refractivity contribution in [3.63, 3.8) is 0 Å². The van der Waals surface area contributed by atoms with Crippen molar-refractivity contribution >= 4 is 11.8 Å². The number of carbonyl (C=O) groups excluding carboxylic acids is 2. The first-order valence-corrected chi connectivity index (χ1v) is 4.65. The summed E-state index contributed by atoms with van der Waals surface area (Å²) >= 11 is 0. The topological polar surface area (TPSA) is 72.2 Å². The first-order chi connectivity index (χ1) is 7.02. The summed E-state index contributed by atoms with van der Waals surface area (Å²) in [5.74, 6) is -0.816. The van der Waals surface area contributed by atoms with Crippen LogP contribution in [0.15, 0.2) is 18.2 Å². The molecule has 0 aromatic heterocycles. The normalized spacial score (nSPS) is 9.73. The Morgan fingerprint density at radius 2 is 2.00 bits per heavy atom. The van der Waals surface area contributed by atoms with Gasteiger partial charge in [-0.25, -0.2) is 0 Å². The van der Waals surface area contributed by atoms with Gasteiger partial charge in [0.2, 0.25) is 5.91 Å². The van der Waals surface area contributed by atoms with E-state index in [2.05, 4.69) is 5.32 Å². The quantitative estimate of drug-likeness (QED) is 0.756. The number of hydrogen-bond donors (Lipinski definition) is 2. The summed E-state index contributed by atoms with van der Waals surface area (Å²) in [6.07, 6.45) is 0. The maximum Gasteiger partial charge on any atom is 0.251 e. The molecule has 1 aromatic rings. The van der Waals surface area contributed by atoms with Crippen molar-refractivity contribution in [2.45, 2.75) is 13.8 Å². The number of nitrogens with two attached hydrogens (primary N) is 1. The number of nitrogens with one attached hydrogen (secondary N) is 1. The van der Waals surface area contributed by atoms with E-state index in [4.69, 9.17) is 5.73 Å². The highest BCUT2D eigenvalue weighted by Crippen LogP contribution is 2.12. The standard InChI is InChI=1S/C11H14N2O2/c1-7-4-3-5-9(8(7)2)11(15)13-6-10(12)14/h3-5H,6H2,1-2H3,(H2,12,14)(H,13,15). The second-order valence-electron chi connectivity index (χ2n) is 3.40. The summed E-state index contributed by atoms with van der Waals surface area (Å²) in [5.41, 5.74) is 7.47. The summed E-state index contributed by atoms with van der Waals surface area (Å²) in [6.45, 7) is 3.67. The molecular weight excluding hydrogens is 192 g/mol. The maximum atomic E-state index is 11.6. The molecule has 0 saturated heterocycles. The van der Waals surface area contributed by atoms with E-state index in [1.54, 1.807) is 6.07 Å². The molecular formula is C11H14N2O2. The minimum Gasteiger partial charge on any atom is -0.368 e. The van der Waals surface area contributed by atoms with Gasteiger partial charge in [0, 0.05) is 5.56 Å². The number of primary amides is 1. The SMILES string of the molecule is Cc1cccc(C(=O)NCC(N)=O)c1C. The van der Waals surface area contributed by atoms with Gasteiger partial charge in [-0.3, -0.25) is 9.59 Å². The molecule has 0 spiro atoms. The van der Waals surface area contributed by atoms with E-state index in [0.717, 1.165) is 11.1 Å². The Balaban J connectivity index is 2.82. The first-order valence-electron chi connectivity index (χ1n) is 4.65. The van der Waals surface area contributed by atoms with Crippen LogP contribution in [0.4, 0.5) is 0 Å². The Labute approximate surface area is 88.5 Å². The Morgan fingerprint density at radius 3 is 2.60 bits per heavy atom. The van der Waals surface area contributed by atoms with Crippen LogP contribution in [0.1, 0.15) is 21.5 Å². The predicted molar refractivity (Wildman–Crippen MR) is 57.4 cm³/mol. The lowest BCUT2D eigenvalue weighted by molar-refractivity contribution is -0.117. The van der Waals surface area contributed by atoms with Crippen LogP contribution in [-0.4, -0.2) is 18.4 Å². The molecule has 0 atom stereocenters. The van der Waals surface area contributed by atoms with Crippen LogP contribution in [0, 0.1) is 13.8 Å². The molecule has 0 radical (unpaired) electrons. The van der Waals surface area contributed by atoms with Gasteiger partial charge in [-0.05, 0) is 31.0 Å². The van der Waals surface area contributed by atoms with Gasteiger partial charge in [0.05, 0.1) is 6.54 Å². The molecule has 0 heterocycles. The number of aryl methyl sites for hydroxylation is 1. The molecule has 0 aliphatic heterocycles. The van der Waals surface area contributed by atoms with Gasteiger partial charge in [0.25, 0.3) is 5.91 Å². The molecule has 0 aliphatic carbocycles. The molecule has 1 rings (SSSR count). The van der Waals surface area contributed by atoms with Crippen molar-refractivity contribution in [2.75, 3.05) is 6.54 Å². The molecule has 4 nitrogen and oxygen atoms in total. The van der Waals surface area contributed by atoms with Gasteiger partial charge in [-0.2, -0.15) is 0 Å². The fourth-order valence-electron chi connectivity index (χ4n) is 1.26. The number of hydrogen-bond acceptors (Lipinski definition) is 2. The summed E-state index contributed by atoms with van der Waals surface area (Å²) in [6, 6.07) is 5.46. The molecule has 2 amide bonds. The second-order valence-corrected chi connectivity index (χ2v) is 3.40. The number of amides is 2. The summed E-state index contributed by atoms with van der Waals surface area (Å²) in [4.78, 5) is 22.1. The van der Waals surface area contributed by atoms with Crippen molar-refractivity contribution in [3.8, 4) is 0 Å². The average molecular weight is 206 g/mol. The Bertz CT molecular complexity index is 400. The van der Waals surface area contributed by atoms with Gasteiger partial charge in [-0.1, -0.05) is 12.1 Å². The Hall–Kier alpha value is -1.84. The summed E-state index contributed by atoms with van der Waals surface area (Å²) < 4.78 is 0. The van der Waals surface area contributed by atoms with E-state index in [9.17, 15) is 9.59 Å². The van der Waals surface area contributed by atoms with Gasteiger partial charge >= 0.3 is 0 Å². The van der Waals surface area contributed by atoms with Gasteiger partial charge in [0.1, 0.15) is 0 Å². The summed E-state index contributed by atoms with van der Waals surface area (Å²) in [7, 11) is 0. The van der Waals surface area contributed by atoms with Crippen LogP contribution in [0.2, 0.25) is 0 Å². The van der Waals surface area contributed by atoms with Crippen LogP contribution in [0.5, 0.6) is 0 Å². The van der Waals surface area contributed by atoms with Crippen molar-refractivity contribution < 1.29 is 9.59 Å². The first kappa shape index (κ1) is 11.2. The number of carbonyl (C=O) groups is 2. The van der Waals surface area contributed by atoms with Gasteiger partial charge in [-0.15, -0.1) is 0 Å². The molecule has 4 heteroatoms. The van der Waals surface area contributed by atoms with Crippen LogP contribution in [0.25, 0.3) is 0 Å². The molecule has 0 unspecified atom stereocenters. The van der Waals surface area contributed by atoms with Crippen LogP contribution >= 0.6 is 0 Å². The lowest BCUT2D eigenvalue weighted by Crippen LogP contribution is -2.33. The highest BCUT2D eigenvalue weighted by Gasteiger charge is 2.09. The zero-order valence-electron chi connectivity index (χ0n) is 8.83. The second kappa shape index (κ2) is 4.59. The molecule has 0 fully saturated rings. The highest BCUT2D eigenvalue weighted by molar-refractivity contribution is 5.97. The molecule has 3 N–H and O–H groups in total. The predicted octanol–water partition coefficient (Wildman–Crippen LogP) is 0.519. The van der Waals surface area contributed by atoms with Crippen LogP contribution in [0.3, 0.4) is 0 Å². The van der Waals surface area contributed by atoms with E-state index in [0.29, 0.717) is 5.56 Å². The molecule has 1 aromatic carbocycles. The molecule has 0 aliphatic rings. The fraction of sp³-hybridized carbons (Fsp3) is 0.273. The third-order valence-electron chi connectivity index (χ3n) is 2.27. The van der Waals surface area contributed by atoms with Gasteiger partial charge < -0.3 is 11.1 Å². The monoisotopic (exact) mass is 206 g/mol. The minimum absolute atomic E-state index is 0.133. The van der Waals surface area contributed by atoms with E-state index >= 15 is 0 Å². The van der Waals surface area contributed by atoms with Gasteiger partial charge in [0.15, 0.2) is 0 Å². The lowest BCUT2D eigenvalue weighted by atomic mass is 10.0. The summed E-state index contributed by atoms with van der Waals surface area (Å²) in [5, 5.41) is 2.45. The Morgan fingerprint density at radius 1 is 1.33 bits per heavy atom. The van der Waals surface area contributed by atoms with Crippen molar-refractivity contribution in [2.24, 2.45) is 5.73 Å². The van der Waals surface area contributed by atoms with E-state index in [1.807, 2.05) is 26.0 Å². The van der Waals surface area contributed by atoms with Crippen LogP contribution in [-0.2, 0) is 4.79 Å². The maximum absolute atomic E-state index is 11.6. The van der Waals surface area contributed by atoms with Crippen molar-refractivity contribution in [3.05, 3.63) is 34.9 Å². The van der Waals surface area contributed by atoms with Crippen molar-refractivity contribution in [1.82, 2.24) is 5.32 Å². The third-order valence-corrected chi connectivity index (χ3v) is 2.27.